The third-order valence-corrected chi connectivity index (χ3v) is 3.58. The molecule has 3 rings (SSSR count). The summed E-state index contributed by atoms with van der Waals surface area (Å²) in [5, 5.41) is 0. The van der Waals surface area contributed by atoms with Gasteiger partial charge in [-0.05, 0) is 35.4 Å². The van der Waals surface area contributed by atoms with Crippen LogP contribution in [0.1, 0.15) is 24.6 Å². The minimum atomic E-state index is -0.561. The highest BCUT2D eigenvalue weighted by atomic mass is 127. The number of aromatic amines is 1. The molecule has 0 amide bonds. The summed E-state index contributed by atoms with van der Waals surface area (Å²) >= 11 is 1.66. The Bertz CT molecular complexity index is 546. The molecule has 0 bridgehead atoms. The molecule has 0 saturated heterocycles. The second-order valence-corrected chi connectivity index (χ2v) is 4.86. The molecule has 2 aromatic rings. The van der Waals surface area contributed by atoms with Crippen LogP contribution in [0, 0.1) is 15.2 Å². The summed E-state index contributed by atoms with van der Waals surface area (Å²) in [5.74, 6) is 0.100. The fourth-order valence-electron chi connectivity index (χ4n) is 1.63. The van der Waals surface area contributed by atoms with Gasteiger partial charge in [0.2, 0.25) is 0 Å². The Morgan fingerprint density at radius 2 is 2.13 bits per heavy atom. The normalized spacial score (nSPS) is 16.2. The first kappa shape index (κ1) is 9.50. The molecule has 1 aliphatic carbocycles. The number of fused-ring (bicyclic) bond motifs is 1. The molecule has 1 saturated carbocycles. The molecule has 15 heavy (non-hydrogen) atoms. The van der Waals surface area contributed by atoms with Gasteiger partial charge in [0.05, 0.1) is 9.09 Å². The zero-order chi connectivity index (χ0) is 10.6. The summed E-state index contributed by atoms with van der Waals surface area (Å²) in [4.78, 5) is 7.15. The number of H-pyrrole nitrogens is 1. The van der Waals surface area contributed by atoms with E-state index < -0.39 is 11.6 Å². The van der Waals surface area contributed by atoms with E-state index in [9.17, 15) is 8.78 Å². The molecule has 1 aromatic heterocycles. The van der Waals surface area contributed by atoms with E-state index in [1.54, 1.807) is 22.6 Å². The van der Waals surface area contributed by atoms with E-state index in [0.29, 0.717) is 11.4 Å². The summed E-state index contributed by atoms with van der Waals surface area (Å²) in [5.41, 5.74) is 0.704. The van der Waals surface area contributed by atoms with Crippen molar-refractivity contribution in [3.05, 3.63) is 27.1 Å². The second kappa shape index (κ2) is 3.13. The quantitative estimate of drug-likeness (QED) is 0.634. The van der Waals surface area contributed by atoms with E-state index in [0.717, 1.165) is 18.7 Å². The highest BCUT2D eigenvalue weighted by Gasteiger charge is 2.27. The van der Waals surface area contributed by atoms with Crippen molar-refractivity contribution in [2.75, 3.05) is 0 Å². The van der Waals surface area contributed by atoms with Crippen LogP contribution in [0.3, 0.4) is 0 Å². The molecule has 2 nitrogen and oxygen atoms in total. The van der Waals surface area contributed by atoms with E-state index in [1.807, 2.05) is 0 Å². The van der Waals surface area contributed by atoms with Gasteiger partial charge >= 0.3 is 0 Å². The number of nitrogens with zero attached hydrogens (tertiary/aromatic N) is 1. The standard InChI is InChI=1S/C10H7F2IN2/c11-5-3-6-9(7(12)8(5)13)15-10(14-6)4-1-2-4/h3-4H,1-2H2,(H,14,15). The topological polar surface area (TPSA) is 28.7 Å². The van der Waals surface area contributed by atoms with Crippen LogP contribution in [0.25, 0.3) is 11.0 Å². The minimum Gasteiger partial charge on any atom is -0.342 e. The van der Waals surface area contributed by atoms with Gasteiger partial charge in [-0.1, -0.05) is 0 Å². The fourth-order valence-corrected chi connectivity index (χ4v) is 2.04. The molecule has 0 unspecified atom stereocenters. The molecule has 1 heterocycles. The Labute approximate surface area is 98.2 Å². The number of hydrogen-bond acceptors (Lipinski definition) is 1. The number of halogens is 3. The maximum atomic E-state index is 13.6. The molecule has 0 aliphatic heterocycles. The molecule has 0 atom stereocenters. The Hall–Kier alpha value is -0.720. The molecule has 1 aromatic carbocycles. The monoisotopic (exact) mass is 320 g/mol. The van der Waals surface area contributed by atoms with Crippen molar-refractivity contribution >= 4 is 33.6 Å². The van der Waals surface area contributed by atoms with Gasteiger partial charge in [0.15, 0.2) is 5.82 Å². The molecule has 1 N–H and O–H groups in total. The van der Waals surface area contributed by atoms with Crippen molar-refractivity contribution in [3.63, 3.8) is 0 Å². The summed E-state index contributed by atoms with van der Waals surface area (Å²) in [7, 11) is 0. The van der Waals surface area contributed by atoms with Gasteiger partial charge in [-0.2, -0.15) is 0 Å². The van der Waals surface area contributed by atoms with Gasteiger partial charge in [-0.25, -0.2) is 13.8 Å². The van der Waals surface area contributed by atoms with Crippen LogP contribution in [0.5, 0.6) is 0 Å². The molecule has 78 valence electrons. The number of rotatable bonds is 1. The molecule has 5 heteroatoms. The van der Waals surface area contributed by atoms with Crippen LogP contribution in [-0.4, -0.2) is 9.97 Å². The van der Waals surface area contributed by atoms with Crippen LogP contribution in [0.15, 0.2) is 6.07 Å². The van der Waals surface area contributed by atoms with E-state index in [2.05, 4.69) is 9.97 Å². The first-order chi connectivity index (χ1) is 7.16. The number of hydrogen-bond donors (Lipinski definition) is 1. The lowest BCUT2D eigenvalue weighted by molar-refractivity contribution is 0.578. The van der Waals surface area contributed by atoms with Crippen molar-refractivity contribution < 1.29 is 8.78 Å². The lowest BCUT2D eigenvalue weighted by Gasteiger charge is -1.96. The summed E-state index contributed by atoms with van der Waals surface area (Å²) in [6.45, 7) is 0. The van der Waals surface area contributed by atoms with E-state index >= 15 is 0 Å². The third kappa shape index (κ3) is 1.44. The van der Waals surface area contributed by atoms with Crippen molar-refractivity contribution in [1.29, 1.82) is 0 Å². The Morgan fingerprint density at radius 3 is 2.80 bits per heavy atom. The predicted octanol–water partition coefficient (Wildman–Crippen LogP) is 3.32. The van der Waals surface area contributed by atoms with Gasteiger partial charge in [0, 0.05) is 12.0 Å². The molecular weight excluding hydrogens is 313 g/mol. The lowest BCUT2D eigenvalue weighted by atomic mass is 10.3. The van der Waals surface area contributed by atoms with Gasteiger partial charge in [-0.3, -0.25) is 0 Å². The van der Waals surface area contributed by atoms with E-state index in [1.165, 1.54) is 6.07 Å². The van der Waals surface area contributed by atoms with Crippen LogP contribution >= 0.6 is 22.6 Å². The molecule has 1 aliphatic rings. The fraction of sp³-hybridized carbons (Fsp3) is 0.300. The minimum absolute atomic E-state index is 0.00828. The smallest absolute Gasteiger partial charge is 0.167 e. The van der Waals surface area contributed by atoms with Gasteiger partial charge in [-0.15, -0.1) is 0 Å². The second-order valence-electron chi connectivity index (χ2n) is 3.78. The highest BCUT2D eigenvalue weighted by Crippen LogP contribution is 2.39. The highest BCUT2D eigenvalue weighted by molar-refractivity contribution is 14.1. The number of nitrogens with one attached hydrogen (secondary N) is 1. The molecular formula is C10H7F2IN2. The first-order valence-corrected chi connectivity index (χ1v) is 5.78. The van der Waals surface area contributed by atoms with Crippen LogP contribution in [0.2, 0.25) is 0 Å². The summed E-state index contributed by atoms with van der Waals surface area (Å²) in [6.07, 6.45) is 2.17. The van der Waals surface area contributed by atoms with Crippen LogP contribution in [-0.2, 0) is 0 Å². The largest absolute Gasteiger partial charge is 0.342 e. The maximum Gasteiger partial charge on any atom is 0.167 e. The Morgan fingerprint density at radius 1 is 1.40 bits per heavy atom. The molecule has 0 spiro atoms. The van der Waals surface area contributed by atoms with Gasteiger partial charge in [0.25, 0.3) is 0 Å². The number of benzene rings is 1. The third-order valence-electron chi connectivity index (χ3n) is 2.60. The zero-order valence-corrected chi connectivity index (χ0v) is 9.81. The van der Waals surface area contributed by atoms with Crippen molar-refractivity contribution in [2.45, 2.75) is 18.8 Å². The van der Waals surface area contributed by atoms with E-state index in [4.69, 9.17) is 0 Å². The Kier molecular flexibility index (Phi) is 1.99. The molecule has 1 fully saturated rings. The van der Waals surface area contributed by atoms with Crippen molar-refractivity contribution in [2.24, 2.45) is 0 Å². The lowest BCUT2D eigenvalue weighted by Crippen LogP contribution is -1.89. The Balaban J connectivity index is 2.29. The average Bonchev–Trinajstić information content (AvgIpc) is 2.97. The summed E-state index contributed by atoms with van der Waals surface area (Å²) in [6, 6.07) is 1.30. The number of imidazole rings is 1. The van der Waals surface area contributed by atoms with Gasteiger partial charge < -0.3 is 4.98 Å². The maximum absolute atomic E-state index is 13.6. The summed E-state index contributed by atoms with van der Waals surface area (Å²) < 4.78 is 26.9. The van der Waals surface area contributed by atoms with E-state index in [-0.39, 0.29) is 9.09 Å². The zero-order valence-electron chi connectivity index (χ0n) is 7.65. The van der Waals surface area contributed by atoms with Crippen molar-refractivity contribution in [3.8, 4) is 0 Å². The predicted molar refractivity (Wildman–Crippen MR) is 60.7 cm³/mol. The SMILES string of the molecule is Fc1cc2[nH]c(C3CC3)nc2c(F)c1I. The number of aromatic nitrogens is 2. The first-order valence-electron chi connectivity index (χ1n) is 4.70. The van der Waals surface area contributed by atoms with Crippen LogP contribution in [0.4, 0.5) is 8.78 Å². The average molecular weight is 320 g/mol. The van der Waals surface area contributed by atoms with Gasteiger partial charge in [0.1, 0.15) is 17.2 Å². The van der Waals surface area contributed by atoms with Crippen molar-refractivity contribution in [1.82, 2.24) is 9.97 Å². The van der Waals surface area contributed by atoms with Crippen LogP contribution < -0.4 is 0 Å². The molecule has 0 radical (unpaired) electrons.